The van der Waals surface area contributed by atoms with Crippen LogP contribution in [0, 0.1) is 5.92 Å². The van der Waals surface area contributed by atoms with Crippen LogP contribution in [-0.4, -0.2) is 44.0 Å². The summed E-state index contributed by atoms with van der Waals surface area (Å²) in [4.78, 5) is 17.7. The molecule has 1 saturated heterocycles. The number of piperidine rings is 1. The van der Waals surface area contributed by atoms with Crippen LogP contribution in [0.5, 0.6) is 5.75 Å². The summed E-state index contributed by atoms with van der Waals surface area (Å²) in [5, 5.41) is 3.38. The number of nitrogens with one attached hydrogen (secondary N) is 1. The highest BCUT2D eigenvalue weighted by Crippen LogP contribution is 2.19. The maximum atomic E-state index is 11.1. The summed E-state index contributed by atoms with van der Waals surface area (Å²) in [6.07, 6.45) is 2.55. The normalized spacial score (nSPS) is 17.8. The highest BCUT2D eigenvalue weighted by atomic mass is 127. The number of nitrogens with two attached hydrogens (primary N) is 1. The van der Waals surface area contributed by atoms with Gasteiger partial charge in [-0.2, -0.15) is 0 Å². The number of hydrogen-bond donors (Lipinski definition) is 2. The van der Waals surface area contributed by atoms with Gasteiger partial charge in [-0.1, -0.05) is 12.1 Å². The van der Waals surface area contributed by atoms with Gasteiger partial charge in [0.05, 0.1) is 7.11 Å². The number of likely N-dealkylation sites (tertiary alicyclic amines) is 1. The van der Waals surface area contributed by atoms with E-state index in [1.54, 1.807) is 14.2 Å². The number of aliphatic imine (C=N–C) groups is 1. The van der Waals surface area contributed by atoms with Crippen molar-refractivity contribution >= 4 is 35.8 Å². The van der Waals surface area contributed by atoms with E-state index in [4.69, 9.17) is 10.5 Å². The van der Waals surface area contributed by atoms with E-state index in [-0.39, 0.29) is 29.9 Å². The van der Waals surface area contributed by atoms with Gasteiger partial charge in [0.1, 0.15) is 5.75 Å². The van der Waals surface area contributed by atoms with Crippen molar-refractivity contribution in [1.29, 1.82) is 0 Å². The Morgan fingerprint density at radius 2 is 2.29 bits per heavy atom. The van der Waals surface area contributed by atoms with Crippen molar-refractivity contribution in [3.8, 4) is 5.75 Å². The number of benzene rings is 1. The van der Waals surface area contributed by atoms with Gasteiger partial charge in [-0.05, 0) is 36.5 Å². The predicted molar refractivity (Wildman–Crippen MR) is 107 cm³/mol. The molecule has 134 valence electrons. The van der Waals surface area contributed by atoms with Gasteiger partial charge in [-0.15, -0.1) is 24.0 Å². The SMILES string of the molecule is CN=C(NCc1cccc(OC)c1)N1CCCC(CC(N)=O)C1.I. The molecule has 0 bridgehead atoms. The summed E-state index contributed by atoms with van der Waals surface area (Å²) >= 11 is 0. The Balaban J connectivity index is 0.00000288. The molecule has 3 N–H and O–H groups in total. The zero-order valence-corrected chi connectivity index (χ0v) is 16.7. The number of methoxy groups -OCH3 is 1. The Bertz CT molecular complexity index is 565. The number of rotatable bonds is 5. The third kappa shape index (κ3) is 6.18. The average Bonchev–Trinajstić information content (AvgIpc) is 2.55. The van der Waals surface area contributed by atoms with Gasteiger partial charge in [0, 0.05) is 33.1 Å². The summed E-state index contributed by atoms with van der Waals surface area (Å²) in [6.45, 7) is 2.45. The number of carbonyl (C=O) groups is 1. The minimum Gasteiger partial charge on any atom is -0.497 e. The zero-order valence-electron chi connectivity index (χ0n) is 14.3. The summed E-state index contributed by atoms with van der Waals surface area (Å²) in [5.74, 6) is 1.80. The maximum Gasteiger partial charge on any atom is 0.217 e. The molecule has 1 atom stereocenters. The lowest BCUT2D eigenvalue weighted by Gasteiger charge is -2.34. The van der Waals surface area contributed by atoms with Crippen molar-refractivity contribution in [2.75, 3.05) is 27.2 Å². The summed E-state index contributed by atoms with van der Waals surface area (Å²) in [6, 6.07) is 7.96. The number of hydrogen-bond acceptors (Lipinski definition) is 3. The van der Waals surface area contributed by atoms with E-state index in [1.807, 2.05) is 18.2 Å². The molecule has 24 heavy (non-hydrogen) atoms. The van der Waals surface area contributed by atoms with Crippen LogP contribution in [0.1, 0.15) is 24.8 Å². The van der Waals surface area contributed by atoms with Gasteiger partial charge < -0.3 is 20.7 Å². The second-order valence-corrected chi connectivity index (χ2v) is 5.88. The lowest BCUT2D eigenvalue weighted by molar-refractivity contribution is -0.119. The molecule has 1 unspecified atom stereocenters. The van der Waals surface area contributed by atoms with Crippen molar-refractivity contribution in [1.82, 2.24) is 10.2 Å². The summed E-state index contributed by atoms with van der Waals surface area (Å²) < 4.78 is 5.24. The van der Waals surface area contributed by atoms with Gasteiger partial charge in [-0.25, -0.2) is 0 Å². The van der Waals surface area contributed by atoms with Crippen molar-refractivity contribution in [2.45, 2.75) is 25.8 Å². The second-order valence-electron chi connectivity index (χ2n) is 5.88. The fraction of sp³-hybridized carbons (Fsp3) is 0.529. The monoisotopic (exact) mass is 446 g/mol. The predicted octanol–water partition coefficient (Wildman–Crippen LogP) is 1.98. The molecule has 0 saturated carbocycles. The molecule has 0 radical (unpaired) electrons. The molecule has 1 aliphatic heterocycles. The van der Waals surface area contributed by atoms with Gasteiger partial charge in [0.15, 0.2) is 5.96 Å². The third-order valence-corrected chi connectivity index (χ3v) is 4.10. The molecule has 7 heteroatoms. The van der Waals surface area contributed by atoms with E-state index in [0.29, 0.717) is 18.9 Å². The molecule has 6 nitrogen and oxygen atoms in total. The largest absolute Gasteiger partial charge is 0.497 e. The lowest BCUT2D eigenvalue weighted by Crippen LogP contribution is -2.46. The van der Waals surface area contributed by atoms with E-state index < -0.39 is 0 Å². The Hall–Kier alpha value is -1.51. The molecule has 1 heterocycles. The Morgan fingerprint density at radius 3 is 2.96 bits per heavy atom. The first-order valence-corrected chi connectivity index (χ1v) is 7.99. The minimum atomic E-state index is -0.226. The van der Waals surface area contributed by atoms with Crippen LogP contribution < -0.4 is 15.8 Å². The number of nitrogens with zero attached hydrogens (tertiary/aromatic N) is 2. The van der Waals surface area contributed by atoms with Crippen LogP contribution in [0.4, 0.5) is 0 Å². The van der Waals surface area contributed by atoms with Gasteiger partial charge >= 0.3 is 0 Å². The maximum absolute atomic E-state index is 11.1. The summed E-state index contributed by atoms with van der Waals surface area (Å²) in [7, 11) is 3.45. The molecule has 1 amide bonds. The average molecular weight is 446 g/mol. The molecule has 1 aromatic rings. The van der Waals surface area contributed by atoms with Crippen molar-refractivity contribution in [3.05, 3.63) is 29.8 Å². The second kappa shape index (κ2) is 10.4. The molecular weight excluding hydrogens is 419 g/mol. The quantitative estimate of drug-likeness (QED) is 0.412. The van der Waals surface area contributed by atoms with E-state index >= 15 is 0 Å². The van der Waals surface area contributed by atoms with Crippen molar-refractivity contribution < 1.29 is 9.53 Å². The van der Waals surface area contributed by atoms with Gasteiger partial charge in [0.25, 0.3) is 0 Å². The van der Waals surface area contributed by atoms with E-state index in [0.717, 1.165) is 43.2 Å². The molecule has 2 rings (SSSR count). The first-order chi connectivity index (χ1) is 11.1. The van der Waals surface area contributed by atoms with Crippen LogP contribution in [0.3, 0.4) is 0 Å². The Kier molecular flexibility index (Phi) is 8.88. The van der Waals surface area contributed by atoms with Crippen LogP contribution in [0.25, 0.3) is 0 Å². The molecule has 1 aliphatic rings. The Labute approximate surface area is 160 Å². The highest BCUT2D eigenvalue weighted by molar-refractivity contribution is 14.0. The standard InChI is InChI=1S/C17H26N4O2.HI/c1-19-17(20-11-13-5-3-7-15(9-13)23-2)21-8-4-6-14(12-21)10-16(18)22;/h3,5,7,9,14H,4,6,8,10-12H2,1-2H3,(H2,18,22)(H,19,20);1H. The molecule has 0 spiro atoms. The van der Waals surface area contributed by atoms with Crippen LogP contribution >= 0.6 is 24.0 Å². The first-order valence-electron chi connectivity index (χ1n) is 7.99. The van der Waals surface area contributed by atoms with Gasteiger partial charge in [0.2, 0.25) is 5.91 Å². The first kappa shape index (κ1) is 20.5. The topological polar surface area (TPSA) is 80.0 Å². The number of primary amides is 1. The smallest absolute Gasteiger partial charge is 0.217 e. The van der Waals surface area contributed by atoms with E-state index in [9.17, 15) is 4.79 Å². The van der Waals surface area contributed by atoms with Crippen LogP contribution in [0.15, 0.2) is 29.3 Å². The molecular formula is C17H27IN4O2. The number of amides is 1. The third-order valence-electron chi connectivity index (χ3n) is 4.10. The molecule has 1 fully saturated rings. The number of ether oxygens (including phenoxy) is 1. The van der Waals surface area contributed by atoms with Crippen LogP contribution in [-0.2, 0) is 11.3 Å². The van der Waals surface area contributed by atoms with Crippen molar-refractivity contribution in [3.63, 3.8) is 0 Å². The fourth-order valence-corrected chi connectivity index (χ4v) is 3.00. The number of guanidine groups is 1. The number of carbonyl (C=O) groups excluding carboxylic acids is 1. The van der Waals surface area contributed by atoms with Crippen molar-refractivity contribution in [2.24, 2.45) is 16.6 Å². The Morgan fingerprint density at radius 1 is 1.50 bits per heavy atom. The highest BCUT2D eigenvalue weighted by Gasteiger charge is 2.23. The van der Waals surface area contributed by atoms with E-state index in [1.165, 1.54) is 0 Å². The molecule has 0 aromatic heterocycles. The molecule has 0 aliphatic carbocycles. The minimum absolute atomic E-state index is 0. The fourth-order valence-electron chi connectivity index (χ4n) is 3.00. The zero-order chi connectivity index (χ0) is 16.7. The lowest BCUT2D eigenvalue weighted by atomic mass is 9.95. The number of halogens is 1. The molecule has 1 aromatic carbocycles. The van der Waals surface area contributed by atoms with E-state index in [2.05, 4.69) is 21.3 Å². The summed E-state index contributed by atoms with van der Waals surface area (Å²) in [5.41, 5.74) is 6.46. The van der Waals surface area contributed by atoms with Crippen LogP contribution in [0.2, 0.25) is 0 Å². The van der Waals surface area contributed by atoms with Gasteiger partial charge in [-0.3, -0.25) is 9.79 Å².